The zero-order valence-corrected chi connectivity index (χ0v) is 12.0. The first-order valence-electron chi connectivity index (χ1n) is 6.21. The lowest BCUT2D eigenvalue weighted by Crippen LogP contribution is -1.99. The van der Waals surface area contributed by atoms with E-state index >= 15 is 0 Å². The summed E-state index contributed by atoms with van der Waals surface area (Å²) in [5.74, 6) is -0.563. The Bertz CT molecular complexity index is 879. The van der Waals surface area contributed by atoms with E-state index in [1.807, 2.05) is 19.1 Å². The van der Waals surface area contributed by atoms with Gasteiger partial charge in [-0.3, -0.25) is 0 Å². The van der Waals surface area contributed by atoms with Gasteiger partial charge >= 0.3 is 0 Å². The molecule has 2 aromatic carbocycles. The molecule has 0 saturated carbocycles. The van der Waals surface area contributed by atoms with E-state index in [1.165, 1.54) is 6.07 Å². The van der Waals surface area contributed by atoms with E-state index in [0.717, 1.165) is 15.2 Å². The standard InChI is InChI=1S/C15H11FN4S/c1-8-19-14-6-13(11(18)5-15(14)21-8)20-12-4-2-3-10(16)9(12)7-17/h2-6,20H,18H2,1H3. The van der Waals surface area contributed by atoms with Crippen molar-refractivity contribution < 1.29 is 4.39 Å². The van der Waals surface area contributed by atoms with Gasteiger partial charge in [0.15, 0.2) is 0 Å². The van der Waals surface area contributed by atoms with E-state index in [1.54, 1.807) is 29.5 Å². The van der Waals surface area contributed by atoms with E-state index in [-0.39, 0.29) is 5.56 Å². The number of fused-ring (bicyclic) bond motifs is 1. The number of nitrogens with two attached hydrogens (primary N) is 1. The van der Waals surface area contributed by atoms with Crippen LogP contribution in [0.25, 0.3) is 10.2 Å². The lowest BCUT2D eigenvalue weighted by Gasteiger charge is -2.11. The SMILES string of the molecule is Cc1nc2cc(Nc3cccc(F)c3C#N)c(N)cc2s1. The molecule has 0 bridgehead atoms. The average molecular weight is 298 g/mol. The number of nitrogens with one attached hydrogen (secondary N) is 1. The lowest BCUT2D eigenvalue weighted by molar-refractivity contribution is 0.624. The van der Waals surface area contributed by atoms with Crippen LogP contribution in [0.1, 0.15) is 10.6 Å². The summed E-state index contributed by atoms with van der Waals surface area (Å²) in [5, 5.41) is 13.0. The van der Waals surface area contributed by atoms with Crippen LogP contribution < -0.4 is 11.1 Å². The summed E-state index contributed by atoms with van der Waals surface area (Å²) in [7, 11) is 0. The molecule has 3 N–H and O–H groups in total. The average Bonchev–Trinajstić information content (AvgIpc) is 2.78. The van der Waals surface area contributed by atoms with Crippen LogP contribution >= 0.6 is 11.3 Å². The molecule has 21 heavy (non-hydrogen) atoms. The predicted molar refractivity (Wildman–Crippen MR) is 83.2 cm³/mol. The Morgan fingerprint density at radius 1 is 1.33 bits per heavy atom. The molecular formula is C15H11FN4S. The zero-order valence-electron chi connectivity index (χ0n) is 11.1. The summed E-state index contributed by atoms with van der Waals surface area (Å²) in [6.07, 6.45) is 0. The monoisotopic (exact) mass is 298 g/mol. The second-order valence-corrected chi connectivity index (χ2v) is 5.77. The third-order valence-electron chi connectivity index (χ3n) is 3.06. The number of nitrogen functional groups attached to an aromatic ring is 1. The van der Waals surface area contributed by atoms with Crippen LogP contribution in [-0.2, 0) is 0 Å². The summed E-state index contributed by atoms with van der Waals surface area (Å²) < 4.78 is 14.6. The molecule has 0 aliphatic rings. The fraction of sp³-hybridized carbons (Fsp3) is 0.0667. The van der Waals surface area contributed by atoms with Crippen molar-refractivity contribution in [1.29, 1.82) is 5.26 Å². The van der Waals surface area contributed by atoms with Crippen LogP contribution in [-0.4, -0.2) is 4.98 Å². The molecular weight excluding hydrogens is 287 g/mol. The molecule has 104 valence electrons. The van der Waals surface area contributed by atoms with Gasteiger partial charge in [-0.05, 0) is 31.2 Å². The number of thiazole rings is 1. The summed E-state index contributed by atoms with van der Waals surface area (Å²) >= 11 is 1.56. The maximum Gasteiger partial charge on any atom is 0.143 e. The third kappa shape index (κ3) is 2.39. The van der Waals surface area contributed by atoms with Crippen LogP contribution in [0.4, 0.5) is 21.5 Å². The summed E-state index contributed by atoms with van der Waals surface area (Å²) in [6.45, 7) is 1.92. The number of halogens is 1. The molecule has 0 aliphatic heterocycles. The minimum Gasteiger partial charge on any atom is -0.397 e. The topological polar surface area (TPSA) is 74.7 Å². The highest BCUT2D eigenvalue weighted by Crippen LogP contribution is 2.32. The van der Waals surface area contributed by atoms with Crippen molar-refractivity contribution in [3.8, 4) is 6.07 Å². The number of aryl methyl sites for hydroxylation is 1. The van der Waals surface area contributed by atoms with Crippen LogP contribution in [0.3, 0.4) is 0 Å². The maximum absolute atomic E-state index is 13.6. The molecule has 6 heteroatoms. The molecule has 0 amide bonds. The summed E-state index contributed by atoms with van der Waals surface area (Å²) in [6, 6.07) is 9.91. The smallest absolute Gasteiger partial charge is 0.143 e. The number of hydrogen-bond acceptors (Lipinski definition) is 5. The third-order valence-corrected chi connectivity index (χ3v) is 4.00. The van der Waals surface area contributed by atoms with Crippen LogP contribution in [0.2, 0.25) is 0 Å². The van der Waals surface area contributed by atoms with Gasteiger partial charge < -0.3 is 11.1 Å². The van der Waals surface area contributed by atoms with Crippen molar-refractivity contribution in [3.63, 3.8) is 0 Å². The molecule has 1 aromatic heterocycles. The molecule has 0 atom stereocenters. The Kier molecular flexibility index (Phi) is 3.20. The molecule has 4 nitrogen and oxygen atoms in total. The van der Waals surface area contributed by atoms with Gasteiger partial charge in [0.25, 0.3) is 0 Å². The molecule has 0 spiro atoms. The first-order chi connectivity index (χ1) is 10.1. The fourth-order valence-electron chi connectivity index (χ4n) is 2.10. The molecule has 3 rings (SSSR count). The second-order valence-electron chi connectivity index (χ2n) is 4.54. The minimum atomic E-state index is -0.563. The Hall–Kier alpha value is -2.65. The highest BCUT2D eigenvalue weighted by molar-refractivity contribution is 7.18. The highest BCUT2D eigenvalue weighted by Gasteiger charge is 2.11. The van der Waals surface area contributed by atoms with Crippen molar-refractivity contribution in [2.45, 2.75) is 6.92 Å². The number of nitrogens with zero attached hydrogens (tertiary/aromatic N) is 2. The Morgan fingerprint density at radius 2 is 2.14 bits per heavy atom. The number of anilines is 3. The minimum absolute atomic E-state index is 0.0357. The first kappa shape index (κ1) is 13.3. The van der Waals surface area contributed by atoms with Gasteiger partial charge in [-0.2, -0.15) is 5.26 Å². The molecule has 0 saturated heterocycles. The van der Waals surface area contributed by atoms with E-state index in [2.05, 4.69) is 10.3 Å². The predicted octanol–water partition coefficient (Wildman–Crippen LogP) is 3.94. The van der Waals surface area contributed by atoms with Crippen molar-refractivity contribution in [1.82, 2.24) is 4.98 Å². The molecule has 3 aromatic rings. The Labute approximate surface area is 124 Å². The largest absolute Gasteiger partial charge is 0.397 e. The number of rotatable bonds is 2. The van der Waals surface area contributed by atoms with Gasteiger partial charge in [-0.1, -0.05) is 6.07 Å². The fourth-order valence-corrected chi connectivity index (χ4v) is 2.96. The van der Waals surface area contributed by atoms with E-state index < -0.39 is 5.82 Å². The van der Waals surface area contributed by atoms with E-state index in [0.29, 0.717) is 17.1 Å². The van der Waals surface area contributed by atoms with Crippen LogP contribution in [0.15, 0.2) is 30.3 Å². The quantitative estimate of drug-likeness (QED) is 0.703. The van der Waals surface area contributed by atoms with Crippen molar-refractivity contribution in [2.24, 2.45) is 0 Å². The maximum atomic E-state index is 13.6. The van der Waals surface area contributed by atoms with Crippen LogP contribution in [0.5, 0.6) is 0 Å². The molecule has 1 heterocycles. The number of benzene rings is 2. The van der Waals surface area contributed by atoms with Crippen molar-refractivity contribution in [3.05, 3.63) is 46.7 Å². The molecule has 0 radical (unpaired) electrons. The number of nitriles is 1. The summed E-state index contributed by atoms with van der Waals surface area (Å²) in [5.41, 5.74) is 8.32. The Morgan fingerprint density at radius 3 is 2.90 bits per heavy atom. The van der Waals surface area contributed by atoms with Gasteiger partial charge in [0.05, 0.1) is 32.3 Å². The van der Waals surface area contributed by atoms with Gasteiger partial charge in [0.1, 0.15) is 17.4 Å². The van der Waals surface area contributed by atoms with Gasteiger partial charge in [-0.15, -0.1) is 11.3 Å². The van der Waals surface area contributed by atoms with E-state index in [9.17, 15) is 4.39 Å². The van der Waals surface area contributed by atoms with Crippen molar-refractivity contribution >= 4 is 38.6 Å². The second kappa shape index (κ2) is 5.04. The molecule has 0 aliphatic carbocycles. The molecule has 0 unspecified atom stereocenters. The van der Waals surface area contributed by atoms with Gasteiger partial charge in [-0.25, -0.2) is 9.37 Å². The van der Waals surface area contributed by atoms with Gasteiger partial charge in [0, 0.05) is 0 Å². The Balaban J connectivity index is 2.08. The highest BCUT2D eigenvalue weighted by atomic mass is 32.1. The number of hydrogen-bond donors (Lipinski definition) is 2. The van der Waals surface area contributed by atoms with Gasteiger partial charge in [0.2, 0.25) is 0 Å². The summed E-state index contributed by atoms with van der Waals surface area (Å²) in [4.78, 5) is 4.40. The van der Waals surface area contributed by atoms with E-state index in [4.69, 9.17) is 11.0 Å². The lowest BCUT2D eigenvalue weighted by atomic mass is 10.1. The zero-order chi connectivity index (χ0) is 15.0. The van der Waals surface area contributed by atoms with Crippen LogP contribution in [0, 0.1) is 24.1 Å². The first-order valence-corrected chi connectivity index (χ1v) is 7.02. The molecule has 0 fully saturated rings. The normalized spacial score (nSPS) is 10.5. The number of aromatic nitrogens is 1. The van der Waals surface area contributed by atoms with Crippen molar-refractivity contribution in [2.75, 3.05) is 11.1 Å².